The lowest BCUT2D eigenvalue weighted by Gasteiger charge is -2.27. The summed E-state index contributed by atoms with van der Waals surface area (Å²) >= 11 is 6.08. The van der Waals surface area contributed by atoms with Crippen molar-refractivity contribution in [2.75, 3.05) is 17.2 Å². The van der Waals surface area contributed by atoms with E-state index in [1.54, 1.807) is 24.3 Å². The molecule has 0 aliphatic carbocycles. The first-order valence-electron chi connectivity index (χ1n) is 7.74. The van der Waals surface area contributed by atoms with Crippen molar-refractivity contribution < 1.29 is 22.7 Å². The first-order chi connectivity index (χ1) is 12.7. The van der Waals surface area contributed by atoms with Crippen LogP contribution in [0.25, 0.3) is 4.85 Å². The first kappa shape index (κ1) is 20.4. The molecule has 0 fully saturated rings. The zero-order chi connectivity index (χ0) is 20.2. The van der Waals surface area contributed by atoms with Crippen molar-refractivity contribution in [2.24, 2.45) is 0 Å². The fourth-order valence-corrected chi connectivity index (χ4v) is 2.65. The third-order valence-corrected chi connectivity index (χ3v) is 3.97. The molecule has 1 amide bonds. The van der Waals surface area contributed by atoms with E-state index in [1.807, 2.05) is 0 Å². The summed E-state index contributed by atoms with van der Waals surface area (Å²) in [6, 6.07) is 8.15. The minimum Gasteiger partial charge on any atom is -0.449 e. The summed E-state index contributed by atoms with van der Waals surface area (Å²) in [4.78, 5) is 16.2. The number of nitrogens with zero attached hydrogens (tertiary/aromatic N) is 2. The van der Waals surface area contributed by atoms with E-state index in [0.29, 0.717) is 11.6 Å². The Labute approximate surface area is 158 Å². The average Bonchev–Trinajstić information content (AvgIpc) is 2.60. The van der Waals surface area contributed by atoms with Gasteiger partial charge in [0.05, 0.1) is 31.0 Å². The molecular weight excluding hydrogens is 383 g/mol. The Morgan fingerprint density at radius 3 is 2.56 bits per heavy atom. The molecule has 0 heterocycles. The molecule has 0 spiro atoms. The van der Waals surface area contributed by atoms with Crippen molar-refractivity contribution in [3.8, 4) is 0 Å². The highest BCUT2D eigenvalue weighted by Gasteiger charge is 2.38. The molecule has 0 bridgehead atoms. The lowest BCUT2D eigenvalue weighted by atomic mass is 10.1. The lowest BCUT2D eigenvalue weighted by Crippen LogP contribution is -2.33. The van der Waals surface area contributed by atoms with Gasteiger partial charge in [-0.3, -0.25) is 4.90 Å². The summed E-state index contributed by atoms with van der Waals surface area (Å²) in [5.41, 5.74) is 3.78. The summed E-state index contributed by atoms with van der Waals surface area (Å²) in [6.45, 7) is 8.16. The second-order valence-corrected chi connectivity index (χ2v) is 5.82. The van der Waals surface area contributed by atoms with Crippen molar-refractivity contribution in [1.29, 1.82) is 0 Å². The van der Waals surface area contributed by atoms with Crippen LogP contribution in [0.4, 0.5) is 35.0 Å². The molecule has 0 aliphatic heterocycles. The highest BCUT2D eigenvalue weighted by atomic mass is 35.5. The quantitative estimate of drug-likeness (QED) is 0.535. The molecule has 0 atom stereocenters. The minimum atomic E-state index is -4.84. The van der Waals surface area contributed by atoms with Crippen LogP contribution in [-0.4, -0.2) is 12.7 Å². The second-order valence-electron chi connectivity index (χ2n) is 5.42. The van der Waals surface area contributed by atoms with Gasteiger partial charge < -0.3 is 10.5 Å². The Kier molecular flexibility index (Phi) is 6.18. The SMILES string of the molecule is [C-]#[N+]c1cc(N)c(N(Cc2ccccc2Cl)C(=O)OCC)c(C(F)(F)F)c1. The van der Waals surface area contributed by atoms with Crippen LogP contribution < -0.4 is 10.6 Å². The van der Waals surface area contributed by atoms with Gasteiger partial charge in [-0.2, -0.15) is 13.2 Å². The topological polar surface area (TPSA) is 59.9 Å². The normalized spacial score (nSPS) is 11.0. The Hall–Kier alpha value is -2.92. The molecular formula is C18H15ClF3N3O2. The number of carbonyl (C=O) groups is 1. The summed E-state index contributed by atoms with van der Waals surface area (Å²) in [5.74, 6) is 0. The smallest absolute Gasteiger partial charge is 0.417 e. The number of benzene rings is 2. The number of alkyl halides is 3. The van der Waals surface area contributed by atoms with Gasteiger partial charge in [0.2, 0.25) is 0 Å². The number of anilines is 2. The van der Waals surface area contributed by atoms with Gasteiger partial charge >= 0.3 is 12.3 Å². The molecule has 0 saturated carbocycles. The molecule has 0 saturated heterocycles. The highest BCUT2D eigenvalue weighted by Crippen LogP contribution is 2.43. The number of hydrogen-bond acceptors (Lipinski definition) is 3. The van der Waals surface area contributed by atoms with Crippen molar-refractivity contribution in [3.63, 3.8) is 0 Å². The van der Waals surface area contributed by atoms with Gasteiger partial charge in [0.15, 0.2) is 5.69 Å². The molecule has 2 aromatic rings. The number of rotatable bonds is 4. The van der Waals surface area contributed by atoms with Crippen LogP contribution in [0.5, 0.6) is 0 Å². The van der Waals surface area contributed by atoms with Crippen molar-refractivity contribution >= 4 is 34.8 Å². The minimum absolute atomic E-state index is 0.0424. The maximum absolute atomic E-state index is 13.6. The van der Waals surface area contributed by atoms with E-state index in [1.165, 1.54) is 6.92 Å². The van der Waals surface area contributed by atoms with Crippen molar-refractivity contribution in [1.82, 2.24) is 0 Å². The Morgan fingerprint density at radius 1 is 1.33 bits per heavy atom. The maximum atomic E-state index is 13.6. The van der Waals surface area contributed by atoms with E-state index in [0.717, 1.165) is 11.0 Å². The molecule has 0 radical (unpaired) electrons. The number of amides is 1. The van der Waals surface area contributed by atoms with Gasteiger partial charge in [-0.05, 0) is 30.7 Å². The standard InChI is InChI=1S/C18H15ClF3N3O2/c1-3-27-17(26)25(10-11-6-4-5-7-14(11)19)16-13(18(20,21)22)8-12(24-2)9-15(16)23/h4-9H,3,10,23H2,1H3. The van der Waals surface area contributed by atoms with Crippen LogP contribution in [0.2, 0.25) is 5.02 Å². The monoisotopic (exact) mass is 397 g/mol. The predicted octanol–water partition coefficient (Wildman–Crippen LogP) is 5.65. The molecule has 5 nitrogen and oxygen atoms in total. The van der Waals surface area contributed by atoms with Crippen molar-refractivity contribution in [2.45, 2.75) is 19.6 Å². The van der Waals surface area contributed by atoms with E-state index in [-0.39, 0.29) is 29.5 Å². The third kappa shape index (κ3) is 4.63. The van der Waals surface area contributed by atoms with Gasteiger partial charge in [0.1, 0.15) is 0 Å². The first-order valence-corrected chi connectivity index (χ1v) is 8.12. The van der Waals surface area contributed by atoms with E-state index < -0.39 is 23.5 Å². The summed E-state index contributed by atoms with van der Waals surface area (Å²) in [6.07, 6.45) is -5.85. The zero-order valence-electron chi connectivity index (χ0n) is 14.2. The van der Waals surface area contributed by atoms with E-state index in [2.05, 4.69) is 4.85 Å². The molecule has 2 rings (SSSR count). The largest absolute Gasteiger partial charge is 0.449 e. The average molecular weight is 398 g/mol. The van der Waals surface area contributed by atoms with Crippen LogP contribution in [-0.2, 0) is 17.5 Å². The van der Waals surface area contributed by atoms with Crippen LogP contribution in [0.15, 0.2) is 36.4 Å². The Balaban J connectivity index is 2.67. The van der Waals surface area contributed by atoms with Gasteiger partial charge in [-0.15, -0.1) is 0 Å². The fraction of sp³-hybridized carbons (Fsp3) is 0.222. The zero-order valence-corrected chi connectivity index (χ0v) is 14.9. The fourth-order valence-electron chi connectivity index (χ4n) is 2.46. The molecule has 2 N–H and O–H groups in total. The Bertz CT molecular complexity index is 894. The number of carbonyl (C=O) groups excluding carboxylic acids is 1. The summed E-state index contributed by atoms with van der Waals surface area (Å²) in [7, 11) is 0. The molecule has 2 aromatic carbocycles. The summed E-state index contributed by atoms with van der Waals surface area (Å²) in [5, 5.41) is 0.275. The van der Waals surface area contributed by atoms with Gasteiger partial charge in [-0.25, -0.2) is 9.64 Å². The van der Waals surface area contributed by atoms with Crippen LogP contribution >= 0.6 is 11.6 Å². The molecule has 142 valence electrons. The van der Waals surface area contributed by atoms with Crippen LogP contribution in [0.3, 0.4) is 0 Å². The number of nitrogen functional groups attached to an aromatic ring is 1. The lowest BCUT2D eigenvalue weighted by molar-refractivity contribution is -0.137. The predicted molar refractivity (Wildman–Crippen MR) is 96.8 cm³/mol. The van der Waals surface area contributed by atoms with E-state index >= 15 is 0 Å². The van der Waals surface area contributed by atoms with Crippen LogP contribution in [0, 0.1) is 6.57 Å². The number of hydrogen-bond donors (Lipinski definition) is 1. The second kappa shape index (κ2) is 8.18. The molecule has 27 heavy (non-hydrogen) atoms. The third-order valence-electron chi connectivity index (χ3n) is 3.60. The van der Waals surface area contributed by atoms with E-state index in [4.69, 9.17) is 28.6 Å². The number of ether oxygens (including phenoxy) is 1. The number of nitrogens with two attached hydrogens (primary N) is 1. The van der Waals surface area contributed by atoms with Gasteiger partial charge in [0, 0.05) is 10.7 Å². The maximum Gasteiger partial charge on any atom is 0.417 e. The molecule has 0 unspecified atom stereocenters. The van der Waals surface area contributed by atoms with Crippen molar-refractivity contribution in [3.05, 3.63) is 64.0 Å². The van der Waals surface area contributed by atoms with Crippen LogP contribution in [0.1, 0.15) is 18.1 Å². The molecule has 0 aromatic heterocycles. The molecule has 0 aliphatic rings. The van der Waals surface area contributed by atoms with Gasteiger partial charge in [-0.1, -0.05) is 29.8 Å². The summed E-state index contributed by atoms with van der Waals surface area (Å²) < 4.78 is 45.7. The van der Waals surface area contributed by atoms with Gasteiger partial charge in [0.25, 0.3) is 0 Å². The number of halogens is 4. The van der Waals surface area contributed by atoms with E-state index in [9.17, 15) is 18.0 Å². The Morgan fingerprint density at radius 2 is 2.00 bits per heavy atom. The highest BCUT2D eigenvalue weighted by molar-refractivity contribution is 6.31. The molecule has 9 heteroatoms.